The Balaban J connectivity index is 3.10. The molecule has 0 saturated heterocycles. The monoisotopic (exact) mass is 282 g/mol. The molecule has 1 atom stereocenters. The molecule has 0 aromatic carbocycles. The smallest absolute Gasteiger partial charge is 0.0443 e. The van der Waals surface area contributed by atoms with Gasteiger partial charge in [0.15, 0.2) is 0 Å². The van der Waals surface area contributed by atoms with Crippen LogP contribution in [0.5, 0.6) is 0 Å². The van der Waals surface area contributed by atoms with E-state index in [2.05, 4.69) is 20.8 Å². The van der Waals surface area contributed by atoms with E-state index in [9.17, 15) is 0 Å². The SMILES string of the molecule is CCCCCCCCCCC(C)CCCCCCCC. The van der Waals surface area contributed by atoms with Gasteiger partial charge in [-0.25, -0.2) is 0 Å². The van der Waals surface area contributed by atoms with Crippen LogP contribution in [0.4, 0.5) is 0 Å². The second kappa shape index (κ2) is 17.1. The van der Waals surface area contributed by atoms with Gasteiger partial charge in [0.1, 0.15) is 0 Å². The highest BCUT2D eigenvalue weighted by Gasteiger charge is 2.02. The van der Waals surface area contributed by atoms with Gasteiger partial charge in [0.25, 0.3) is 0 Å². The Kier molecular flexibility index (Phi) is 17.1. The van der Waals surface area contributed by atoms with Crippen molar-refractivity contribution >= 4 is 0 Å². The highest BCUT2D eigenvalue weighted by molar-refractivity contribution is 4.55. The molecule has 122 valence electrons. The van der Waals surface area contributed by atoms with Crippen molar-refractivity contribution in [1.82, 2.24) is 0 Å². The van der Waals surface area contributed by atoms with Gasteiger partial charge in [-0.1, -0.05) is 124 Å². The van der Waals surface area contributed by atoms with Crippen LogP contribution in [0.2, 0.25) is 0 Å². The van der Waals surface area contributed by atoms with Gasteiger partial charge in [-0.05, 0) is 5.92 Å². The summed E-state index contributed by atoms with van der Waals surface area (Å²) in [5.41, 5.74) is 0. The first-order chi connectivity index (χ1) is 9.81. The third kappa shape index (κ3) is 16.1. The van der Waals surface area contributed by atoms with Gasteiger partial charge < -0.3 is 0 Å². The van der Waals surface area contributed by atoms with E-state index < -0.39 is 0 Å². The zero-order chi connectivity index (χ0) is 14.9. The molecule has 0 fully saturated rings. The highest BCUT2D eigenvalue weighted by Crippen LogP contribution is 2.18. The maximum Gasteiger partial charge on any atom is -0.0443 e. The molecular formula is C20H42. The van der Waals surface area contributed by atoms with Crippen LogP contribution in [0.1, 0.15) is 124 Å². The van der Waals surface area contributed by atoms with Crippen molar-refractivity contribution in [2.45, 2.75) is 124 Å². The van der Waals surface area contributed by atoms with Crippen molar-refractivity contribution in [2.75, 3.05) is 0 Å². The highest BCUT2D eigenvalue weighted by atomic mass is 14.1. The predicted octanol–water partition coefficient (Wildman–Crippen LogP) is 7.90. The van der Waals surface area contributed by atoms with Crippen molar-refractivity contribution < 1.29 is 0 Å². The number of hydrogen-bond acceptors (Lipinski definition) is 0. The van der Waals surface area contributed by atoms with Gasteiger partial charge >= 0.3 is 0 Å². The average molecular weight is 283 g/mol. The van der Waals surface area contributed by atoms with Crippen LogP contribution in [0.25, 0.3) is 0 Å². The van der Waals surface area contributed by atoms with Gasteiger partial charge in [-0.3, -0.25) is 0 Å². The van der Waals surface area contributed by atoms with Crippen molar-refractivity contribution in [2.24, 2.45) is 5.92 Å². The maximum atomic E-state index is 2.47. The quantitative estimate of drug-likeness (QED) is 0.252. The van der Waals surface area contributed by atoms with Gasteiger partial charge in [-0.2, -0.15) is 0 Å². The molecule has 20 heavy (non-hydrogen) atoms. The van der Waals surface area contributed by atoms with Gasteiger partial charge in [0.05, 0.1) is 0 Å². The first kappa shape index (κ1) is 20.0. The van der Waals surface area contributed by atoms with E-state index in [1.807, 2.05) is 0 Å². The summed E-state index contributed by atoms with van der Waals surface area (Å²) in [7, 11) is 0. The summed E-state index contributed by atoms with van der Waals surface area (Å²) in [4.78, 5) is 0. The summed E-state index contributed by atoms with van der Waals surface area (Å²) < 4.78 is 0. The van der Waals surface area contributed by atoms with Crippen LogP contribution >= 0.6 is 0 Å². The van der Waals surface area contributed by atoms with Crippen LogP contribution in [0, 0.1) is 5.92 Å². The van der Waals surface area contributed by atoms with E-state index in [0.29, 0.717) is 0 Å². The van der Waals surface area contributed by atoms with E-state index in [0.717, 1.165) is 5.92 Å². The maximum absolute atomic E-state index is 2.47. The molecule has 1 unspecified atom stereocenters. The summed E-state index contributed by atoms with van der Waals surface area (Å²) in [6.45, 7) is 7.06. The largest absolute Gasteiger partial charge is 0.0654 e. The lowest BCUT2D eigenvalue weighted by atomic mass is 9.96. The minimum atomic E-state index is 0.973. The number of unbranched alkanes of at least 4 members (excludes halogenated alkanes) is 12. The average Bonchev–Trinajstić information content (AvgIpc) is 2.45. The molecule has 0 aliphatic heterocycles. The van der Waals surface area contributed by atoms with Gasteiger partial charge in [0, 0.05) is 0 Å². The fraction of sp³-hybridized carbons (Fsp3) is 1.00. The zero-order valence-electron chi connectivity index (χ0n) is 14.9. The molecule has 0 aliphatic carbocycles. The summed E-state index contributed by atoms with van der Waals surface area (Å²) in [5, 5.41) is 0. The molecule has 0 amide bonds. The molecule has 0 spiro atoms. The predicted molar refractivity (Wildman–Crippen MR) is 94.4 cm³/mol. The molecule has 0 radical (unpaired) electrons. The van der Waals surface area contributed by atoms with Crippen molar-refractivity contribution in [1.29, 1.82) is 0 Å². The van der Waals surface area contributed by atoms with E-state index >= 15 is 0 Å². The first-order valence-corrected chi connectivity index (χ1v) is 9.81. The fourth-order valence-corrected chi connectivity index (χ4v) is 3.04. The van der Waals surface area contributed by atoms with Gasteiger partial charge in [-0.15, -0.1) is 0 Å². The van der Waals surface area contributed by atoms with Crippen LogP contribution in [0.15, 0.2) is 0 Å². The lowest BCUT2D eigenvalue weighted by Gasteiger charge is -2.11. The first-order valence-electron chi connectivity index (χ1n) is 9.81. The summed E-state index contributed by atoms with van der Waals surface area (Å²) >= 11 is 0. The Morgan fingerprint density at radius 1 is 0.450 bits per heavy atom. The molecule has 0 heterocycles. The second-order valence-electron chi connectivity index (χ2n) is 6.93. The van der Waals surface area contributed by atoms with Crippen molar-refractivity contribution in [3.8, 4) is 0 Å². The molecule has 0 N–H and O–H groups in total. The third-order valence-electron chi connectivity index (χ3n) is 4.60. The van der Waals surface area contributed by atoms with Crippen LogP contribution in [-0.4, -0.2) is 0 Å². The van der Waals surface area contributed by atoms with E-state index in [-0.39, 0.29) is 0 Å². The van der Waals surface area contributed by atoms with Crippen LogP contribution in [-0.2, 0) is 0 Å². The molecule has 0 aromatic rings. The molecule has 0 saturated carbocycles. The molecule has 0 aromatic heterocycles. The van der Waals surface area contributed by atoms with E-state index in [1.54, 1.807) is 0 Å². The number of rotatable bonds is 16. The minimum Gasteiger partial charge on any atom is -0.0654 e. The van der Waals surface area contributed by atoms with Crippen molar-refractivity contribution in [3.05, 3.63) is 0 Å². The van der Waals surface area contributed by atoms with Gasteiger partial charge in [0.2, 0.25) is 0 Å². The van der Waals surface area contributed by atoms with Crippen LogP contribution < -0.4 is 0 Å². The number of hydrogen-bond donors (Lipinski definition) is 0. The van der Waals surface area contributed by atoms with E-state index in [4.69, 9.17) is 0 Å². The Morgan fingerprint density at radius 3 is 1.10 bits per heavy atom. The summed E-state index contributed by atoms with van der Waals surface area (Å²) in [6, 6.07) is 0. The lowest BCUT2D eigenvalue weighted by molar-refractivity contribution is 0.431. The molecule has 0 aliphatic rings. The lowest BCUT2D eigenvalue weighted by Crippen LogP contribution is -1.95. The molecule has 0 heteroatoms. The Morgan fingerprint density at radius 2 is 0.750 bits per heavy atom. The molecule has 0 nitrogen and oxygen atoms in total. The van der Waals surface area contributed by atoms with Crippen molar-refractivity contribution in [3.63, 3.8) is 0 Å². The minimum absolute atomic E-state index is 0.973. The normalized spacial score (nSPS) is 12.8. The second-order valence-corrected chi connectivity index (χ2v) is 6.93. The zero-order valence-corrected chi connectivity index (χ0v) is 14.9. The molecule has 0 bridgehead atoms. The Labute approximate surface area is 130 Å². The standard InChI is InChI=1S/C20H42/c1-4-6-8-10-12-13-15-17-19-20(3)18-16-14-11-9-7-5-2/h20H,4-19H2,1-3H3. The fourth-order valence-electron chi connectivity index (χ4n) is 3.04. The summed E-state index contributed by atoms with van der Waals surface area (Å²) in [6.07, 6.45) is 23.3. The Hall–Kier alpha value is 0. The molecule has 0 rings (SSSR count). The Bertz CT molecular complexity index is 161. The van der Waals surface area contributed by atoms with Crippen LogP contribution in [0.3, 0.4) is 0 Å². The summed E-state index contributed by atoms with van der Waals surface area (Å²) in [5.74, 6) is 0.973. The topological polar surface area (TPSA) is 0 Å². The third-order valence-corrected chi connectivity index (χ3v) is 4.60. The van der Waals surface area contributed by atoms with E-state index in [1.165, 1.54) is 103 Å². The molecular weight excluding hydrogens is 240 g/mol.